The quantitative estimate of drug-likeness (QED) is 0.386. The minimum Gasteiger partial charge on any atom is -0.390 e. The molecule has 9 atom stereocenters. The van der Waals surface area contributed by atoms with E-state index in [4.69, 9.17) is 0 Å². The lowest BCUT2D eigenvalue weighted by Crippen LogP contribution is -2.52. The molecular formula is C32H45F3O2. The Balaban J connectivity index is 1.32. The Hall–Kier alpha value is -1.33. The lowest BCUT2D eigenvalue weighted by molar-refractivity contribution is -0.270. The summed E-state index contributed by atoms with van der Waals surface area (Å²) < 4.78 is 42.3. The first-order chi connectivity index (χ1) is 17.2. The fourth-order valence-corrected chi connectivity index (χ4v) is 9.58. The van der Waals surface area contributed by atoms with E-state index in [-0.39, 0.29) is 28.7 Å². The largest absolute Gasteiger partial charge is 0.421 e. The number of allylic oxidation sites excluding steroid dienone is 1. The van der Waals surface area contributed by atoms with Crippen LogP contribution in [0.1, 0.15) is 97.5 Å². The molecule has 4 aliphatic rings. The standard InChI is InChI=1S/C32H45F3O2/c1-21(14-17-31(37,32(33,34)35)22-8-6-5-7-9-22)25-12-13-26-24-11-10-23-20-28(2,36)18-19-29(23,3)27(24)15-16-30(25,26)4/h5-10,21,24-27,36-37H,11-20H2,1-4H3/t21-,24+,25-,26+,27?,28+,29+,30-,31?/m1/s1. The van der Waals surface area contributed by atoms with Gasteiger partial charge in [-0.1, -0.05) is 62.8 Å². The lowest BCUT2D eigenvalue weighted by atomic mass is 9.46. The van der Waals surface area contributed by atoms with Gasteiger partial charge in [-0.05, 0) is 117 Å². The van der Waals surface area contributed by atoms with E-state index >= 15 is 0 Å². The Morgan fingerprint density at radius 2 is 1.68 bits per heavy atom. The van der Waals surface area contributed by atoms with Crippen LogP contribution < -0.4 is 0 Å². The molecule has 3 fully saturated rings. The van der Waals surface area contributed by atoms with Crippen LogP contribution in [-0.4, -0.2) is 22.0 Å². The number of alkyl halides is 3. The highest BCUT2D eigenvalue weighted by atomic mass is 19.4. The highest BCUT2D eigenvalue weighted by molar-refractivity contribution is 5.27. The van der Waals surface area contributed by atoms with Gasteiger partial charge in [-0.3, -0.25) is 0 Å². The van der Waals surface area contributed by atoms with E-state index in [2.05, 4.69) is 26.8 Å². The average Bonchev–Trinajstić information content (AvgIpc) is 3.20. The molecule has 1 aromatic carbocycles. The van der Waals surface area contributed by atoms with Crippen LogP contribution in [0.5, 0.6) is 0 Å². The van der Waals surface area contributed by atoms with E-state index in [0.717, 1.165) is 44.9 Å². The van der Waals surface area contributed by atoms with Gasteiger partial charge in [0, 0.05) is 0 Å². The van der Waals surface area contributed by atoms with Crippen molar-refractivity contribution in [2.75, 3.05) is 0 Å². The van der Waals surface area contributed by atoms with Crippen molar-refractivity contribution in [3.8, 4) is 0 Å². The molecule has 0 spiro atoms. The number of halogens is 3. The van der Waals surface area contributed by atoms with Crippen LogP contribution in [0.3, 0.4) is 0 Å². The molecule has 0 heterocycles. The zero-order valence-corrected chi connectivity index (χ0v) is 23.0. The maximum Gasteiger partial charge on any atom is 0.421 e. The second-order valence-electron chi connectivity index (χ2n) is 13.9. The molecule has 2 nitrogen and oxygen atoms in total. The number of fused-ring (bicyclic) bond motifs is 5. The van der Waals surface area contributed by atoms with Crippen molar-refractivity contribution < 1.29 is 23.4 Å². The molecule has 2 N–H and O–H groups in total. The number of aliphatic hydroxyl groups is 2. The van der Waals surface area contributed by atoms with E-state index < -0.39 is 17.4 Å². The van der Waals surface area contributed by atoms with Crippen molar-refractivity contribution >= 4 is 0 Å². The average molecular weight is 519 g/mol. The minimum atomic E-state index is -4.71. The molecule has 1 aromatic rings. The van der Waals surface area contributed by atoms with Gasteiger partial charge in [-0.2, -0.15) is 13.2 Å². The maximum atomic E-state index is 14.1. The van der Waals surface area contributed by atoms with Crippen molar-refractivity contribution in [1.82, 2.24) is 0 Å². The molecule has 37 heavy (non-hydrogen) atoms. The summed E-state index contributed by atoms with van der Waals surface area (Å²) in [5, 5.41) is 21.6. The smallest absolute Gasteiger partial charge is 0.390 e. The first-order valence-corrected chi connectivity index (χ1v) is 14.5. The predicted molar refractivity (Wildman–Crippen MR) is 141 cm³/mol. The van der Waals surface area contributed by atoms with Crippen molar-refractivity contribution in [3.05, 3.63) is 47.5 Å². The molecular weight excluding hydrogens is 473 g/mol. The summed E-state index contributed by atoms with van der Waals surface area (Å²) in [7, 11) is 0. The van der Waals surface area contributed by atoms with Gasteiger partial charge in [0.2, 0.25) is 0 Å². The normalized spacial score (nSPS) is 42.1. The predicted octanol–water partition coefficient (Wildman–Crippen LogP) is 8.18. The van der Waals surface area contributed by atoms with Crippen LogP contribution in [0.4, 0.5) is 13.2 Å². The van der Waals surface area contributed by atoms with Gasteiger partial charge in [-0.25, -0.2) is 0 Å². The van der Waals surface area contributed by atoms with Crippen LogP contribution in [0.2, 0.25) is 0 Å². The Morgan fingerprint density at radius 1 is 0.973 bits per heavy atom. The summed E-state index contributed by atoms with van der Waals surface area (Å²) in [5.74, 6) is 2.39. The second kappa shape index (κ2) is 9.11. The Bertz CT molecular complexity index is 1020. The Kier molecular flexibility index (Phi) is 6.71. The van der Waals surface area contributed by atoms with Crippen molar-refractivity contribution in [3.63, 3.8) is 0 Å². The third-order valence-electron chi connectivity index (χ3n) is 11.8. The molecule has 5 heteroatoms. The molecule has 0 radical (unpaired) electrons. The number of benzene rings is 1. The zero-order valence-electron chi connectivity index (χ0n) is 23.0. The molecule has 2 unspecified atom stereocenters. The SMILES string of the molecule is C[C@H](CCC(O)(c1ccccc1)C(F)(F)F)[C@H]1CC[C@H]2[C@@H]3CC=C4C[C@@](C)(O)CC[C@]4(C)C3CC[C@]12C. The van der Waals surface area contributed by atoms with Crippen LogP contribution in [0.15, 0.2) is 42.0 Å². The summed E-state index contributed by atoms with van der Waals surface area (Å²) in [6.07, 6.45) is 6.12. The van der Waals surface area contributed by atoms with Gasteiger partial charge in [0.25, 0.3) is 0 Å². The fourth-order valence-electron chi connectivity index (χ4n) is 9.58. The Labute approximate surface area is 220 Å². The summed E-state index contributed by atoms with van der Waals surface area (Å²) in [5.41, 5.74) is -1.67. The zero-order chi connectivity index (χ0) is 26.9. The summed E-state index contributed by atoms with van der Waals surface area (Å²) >= 11 is 0. The maximum absolute atomic E-state index is 14.1. The third-order valence-corrected chi connectivity index (χ3v) is 11.8. The number of hydrogen-bond acceptors (Lipinski definition) is 2. The highest BCUT2D eigenvalue weighted by Crippen LogP contribution is 2.68. The molecule has 206 valence electrons. The number of hydrogen-bond donors (Lipinski definition) is 2. The molecule has 5 rings (SSSR count). The van der Waals surface area contributed by atoms with Crippen molar-refractivity contribution in [2.24, 2.45) is 40.4 Å². The third kappa shape index (κ3) is 4.40. The topological polar surface area (TPSA) is 40.5 Å². The highest BCUT2D eigenvalue weighted by Gasteiger charge is 2.60. The van der Waals surface area contributed by atoms with Crippen LogP contribution in [0, 0.1) is 40.4 Å². The summed E-state index contributed by atoms with van der Waals surface area (Å²) in [4.78, 5) is 0. The first-order valence-electron chi connectivity index (χ1n) is 14.5. The molecule has 0 saturated heterocycles. The van der Waals surface area contributed by atoms with Gasteiger partial charge in [-0.15, -0.1) is 0 Å². The monoisotopic (exact) mass is 518 g/mol. The van der Waals surface area contributed by atoms with Gasteiger partial charge in [0.05, 0.1) is 5.60 Å². The molecule has 0 aliphatic heterocycles. The minimum absolute atomic E-state index is 0.0600. The van der Waals surface area contributed by atoms with Crippen LogP contribution in [-0.2, 0) is 5.60 Å². The van der Waals surface area contributed by atoms with Crippen molar-refractivity contribution in [1.29, 1.82) is 0 Å². The summed E-state index contributed by atoms with van der Waals surface area (Å²) in [6.45, 7) is 8.94. The molecule has 4 aliphatic carbocycles. The van der Waals surface area contributed by atoms with Gasteiger partial charge < -0.3 is 10.2 Å². The lowest BCUT2D eigenvalue weighted by Gasteiger charge is -2.59. The van der Waals surface area contributed by atoms with Gasteiger partial charge in [0.1, 0.15) is 0 Å². The molecule has 3 saturated carbocycles. The van der Waals surface area contributed by atoms with E-state index in [1.807, 2.05) is 6.92 Å². The van der Waals surface area contributed by atoms with Crippen molar-refractivity contribution in [2.45, 2.75) is 109 Å². The van der Waals surface area contributed by atoms with Gasteiger partial charge in [0.15, 0.2) is 5.60 Å². The molecule has 0 aromatic heterocycles. The van der Waals surface area contributed by atoms with Gasteiger partial charge >= 0.3 is 6.18 Å². The van der Waals surface area contributed by atoms with E-state index in [0.29, 0.717) is 30.1 Å². The van der Waals surface area contributed by atoms with Crippen LogP contribution >= 0.6 is 0 Å². The molecule has 0 amide bonds. The Morgan fingerprint density at radius 3 is 2.35 bits per heavy atom. The number of rotatable bonds is 5. The second-order valence-corrected chi connectivity index (χ2v) is 13.9. The van der Waals surface area contributed by atoms with E-state index in [9.17, 15) is 23.4 Å². The van der Waals surface area contributed by atoms with E-state index in [1.165, 1.54) is 24.1 Å². The van der Waals surface area contributed by atoms with E-state index in [1.54, 1.807) is 18.2 Å². The summed E-state index contributed by atoms with van der Waals surface area (Å²) in [6, 6.07) is 7.59. The van der Waals surface area contributed by atoms with Crippen LogP contribution in [0.25, 0.3) is 0 Å². The first kappa shape index (κ1) is 27.2. The molecule has 0 bridgehead atoms. The fraction of sp³-hybridized carbons (Fsp3) is 0.750.